The van der Waals surface area contributed by atoms with Gasteiger partial charge < -0.3 is 15.4 Å². The monoisotopic (exact) mass is 304 g/mol. The lowest BCUT2D eigenvalue weighted by Gasteiger charge is -2.16. The van der Waals surface area contributed by atoms with Crippen molar-refractivity contribution in [2.45, 2.75) is 18.9 Å². The molecule has 2 rings (SSSR count). The Labute approximate surface area is 124 Å². The molecule has 0 saturated carbocycles. The van der Waals surface area contributed by atoms with Crippen LogP contribution in [0.2, 0.25) is 5.02 Å². The van der Waals surface area contributed by atoms with Gasteiger partial charge in [0.2, 0.25) is 5.91 Å². The molecule has 0 bridgehead atoms. The molecule has 1 aromatic rings. The molecule has 1 heterocycles. The Morgan fingerprint density at radius 3 is 2.84 bits per heavy atom. The number of rotatable bonds is 4. The molecule has 106 valence electrons. The van der Waals surface area contributed by atoms with E-state index in [0.717, 1.165) is 13.0 Å². The van der Waals surface area contributed by atoms with Crippen LogP contribution in [-0.4, -0.2) is 36.5 Å². The topological polar surface area (TPSA) is 55.6 Å². The molecule has 1 aliphatic rings. The molecule has 1 fully saturated rings. The van der Waals surface area contributed by atoms with Gasteiger partial charge in [0.15, 0.2) is 0 Å². The van der Waals surface area contributed by atoms with Gasteiger partial charge in [-0.25, -0.2) is 0 Å². The average molecular weight is 305 g/mol. The van der Waals surface area contributed by atoms with E-state index in [1.54, 1.807) is 17.0 Å². The Kier molecular flexibility index (Phi) is 6.42. The molecule has 1 aromatic carbocycles. The fourth-order valence-corrected chi connectivity index (χ4v) is 2.17. The summed E-state index contributed by atoms with van der Waals surface area (Å²) in [4.78, 5) is 13.6. The molecule has 1 saturated heterocycles. The number of benzene rings is 1. The van der Waals surface area contributed by atoms with Crippen molar-refractivity contribution in [2.24, 2.45) is 5.73 Å². The SMILES string of the molecule is Cl.N[C@@H]1CCN(C(=O)CCOc2ccccc2Cl)C1. The van der Waals surface area contributed by atoms with E-state index in [4.69, 9.17) is 22.1 Å². The normalized spacial score (nSPS) is 18.0. The highest BCUT2D eigenvalue weighted by atomic mass is 35.5. The zero-order chi connectivity index (χ0) is 13.0. The summed E-state index contributed by atoms with van der Waals surface area (Å²) in [6.07, 6.45) is 1.25. The summed E-state index contributed by atoms with van der Waals surface area (Å²) < 4.78 is 5.48. The molecular weight excluding hydrogens is 287 g/mol. The third-order valence-corrected chi connectivity index (χ3v) is 3.30. The van der Waals surface area contributed by atoms with Gasteiger partial charge >= 0.3 is 0 Å². The van der Waals surface area contributed by atoms with Crippen LogP contribution in [0.1, 0.15) is 12.8 Å². The highest BCUT2D eigenvalue weighted by Crippen LogP contribution is 2.23. The molecule has 4 nitrogen and oxygen atoms in total. The van der Waals surface area contributed by atoms with E-state index < -0.39 is 0 Å². The smallest absolute Gasteiger partial charge is 0.226 e. The first-order valence-corrected chi connectivity index (χ1v) is 6.45. The summed E-state index contributed by atoms with van der Waals surface area (Å²) in [6, 6.07) is 7.36. The second-order valence-corrected chi connectivity index (χ2v) is 4.82. The van der Waals surface area contributed by atoms with Crippen LogP contribution in [0.25, 0.3) is 0 Å². The Bertz CT molecular complexity index is 429. The van der Waals surface area contributed by atoms with Gasteiger partial charge in [-0.1, -0.05) is 23.7 Å². The van der Waals surface area contributed by atoms with Crippen molar-refractivity contribution in [3.8, 4) is 5.75 Å². The average Bonchev–Trinajstić information content (AvgIpc) is 2.78. The van der Waals surface area contributed by atoms with E-state index in [1.807, 2.05) is 12.1 Å². The molecule has 0 spiro atoms. The van der Waals surface area contributed by atoms with Gasteiger partial charge in [-0.3, -0.25) is 4.79 Å². The third-order valence-electron chi connectivity index (χ3n) is 2.99. The number of carbonyl (C=O) groups excluding carboxylic acids is 1. The lowest BCUT2D eigenvalue weighted by Crippen LogP contribution is -2.32. The Morgan fingerprint density at radius 2 is 2.21 bits per heavy atom. The van der Waals surface area contributed by atoms with E-state index in [2.05, 4.69) is 0 Å². The standard InChI is InChI=1S/C13H17ClN2O2.ClH/c14-11-3-1-2-4-12(11)18-8-6-13(17)16-7-5-10(15)9-16;/h1-4,10H,5-9,15H2;1H/t10-;/m1./s1. The Hall–Kier alpha value is -0.970. The van der Waals surface area contributed by atoms with Gasteiger partial charge in [-0.15, -0.1) is 12.4 Å². The molecule has 1 atom stereocenters. The highest BCUT2D eigenvalue weighted by Gasteiger charge is 2.23. The highest BCUT2D eigenvalue weighted by molar-refractivity contribution is 6.32. The number of hydrogen-bond donors (Lipinski definition) is 1. The van der Waals surface area contributed by atoms with Crippen molar-refractivity contribution in [3.05, 3.63) is 29.3 Å². The van der Waals surface area contributed by atoms with Crippen molar-refractivity contribution in [1.29, 1.82) is 0 Å². The zero-order valence-electron chi connectivity index (χ0n) is 10.5. The fraction of sp³-hybridized carbons (Fsp3) is 0.462. The lowest BCUT2D eigenvalue weighted by molar-refractivity contribution is -0.130. The van der Waals surface area contributed by atoms with E-state index >= 15 is 0 Å². The van der Waals surface area contributed by atoms with Crippen molar-refractivity contribution in [1.82, 2.24) is 4.90 Å². The summed E-state index contributed by atoms with van der Waals surface area (Å²) in [5.41, 5.74) is 5.76. The number of nitrogens with two attached hydrogens (primary N) is 1. The molecule has 0 unspecified atom stereocenters. The number of halogens is 2. The van der Waals surface area contributed by atoms with Crippen molar-refractivity contribution in [2.75, 3.05) is 19.7 Å². The van der Waals surface area contributed by atoms with Gasteiger partial charge in [0.1, 0.15) is 5.75 Å². The van der Waals surface area contributed by atoms with E-state index in [0.29, 0.717) is 30.3 Å². The van der Waals surface area contributed by atoms with Crippen LogP contribution in [0.15, 0.2) is 24.3 Å². The zero-order valence-corrected chi connectivity index (χ0v) is 12.1. The molecule has 0 radical (unpaired) electrons. The Balaban J connectivity index is 0.00000180. The predicted molar refractivity (Wildman–Crippen MR) is 78.0 cm³/mol. The van der Waals surface area contributed by atoms with E-state index in [1.165, 1.54) is 0 Å². The predicted octanol–water partition coefficient (Wildman–Crippen LogP) is 2.09. The van der Waals surface area contributed by atoms with Crippen molar-refractivity contribution < 1.29 is 9.53 Å². The first-order chi connectivity index (χ1) is 8.66. The summed E-state index contributed by atoms with van der Waals surface area (Å²) in [5.74, 6) is 0.708. The fourth-order valence-electron chi connectivity index (χ4n) is 1.98. The number of carbonyl (C=O) groups is 1. The minimum absolute atomic E-state index is 0. The first-order valence-electron chi connectivity index (χ1n) is 6.07. The third kappa shape index (κ3) is 4.56. The van der Waals surface area contributed by atoms with Gasteiger partial charge in [-0.05, 0) is 18.6 Å². The number of hydrogen-bond acceptors (Lipinski definition) is 3. The number of para-hydroxylation sites is 1. The van der Waals surface area contributed by atoms with Crippen LogP contribution >= 0.6 is 24.0 Å². The summed E-state index contributed by atoms with van der Waals surface area (Å²) in [5, 5.41) is 0.563. The lowest BCUT2D eigenvalue weighted by atomic mass is 10.3. The largest absolute Gasteiger partial charge is 0.491 e. The second-order valence-electron chi connectivity index (χ2n) is 4.42. The molecule has 1 amide bonds. The van der Waals surface area contributed by atoms with Crippen LogP contribution < -0.4 is 10.5 Å². The van der Waals surface area contributed by atoms with Crippen LogP contribution in [0.3, 0.4) is 0 Å². The number of ether oxygens (including phenoxy) is 1. The maximum absolute atomic E-state index is 11.8. The minimum atomic E-state index is 0. The number of nitrogens with zero attached hydrogens (tertiary/aromatic N) is 1. The van der Waals surface area contributed by atoms with Crippen LogP contribution in [-0.2, 0) is 4.79 Å². The van der Waals surface area contributed by atoms with Crippen molar-refractivity contribution in [3.63, 3.8) is 0 Å². The minimum Gasteiger partial charge on any atom is -0.491 e. The molecule has 0 aliphatic carbocycles. The summed E-state index contributed by atoms with van der Waals surface area (Å²) in [6.45, 7) is 1.76. The molecule has 6 heteroatoms. The maximum Gasteiger partial charge on any atom is 0.226 e. The maximum atomic E-state index is 11.8. The second kappa shape index (κ2) is 7.58. The van der Waals surface area contributed by atoms with Crippen LogP contribution in [0.4, 0.5) is 0 Å². The van der Waals surface area contributed by atoms with Gasteiger partial charge in [0.25, 0.3) is 0 Å². The van der Waals surface area contributed by atoms with Gasteiger partial charge in [-0.2, -0.15) is 0 Å². The summed E-state index contributed by atoms with van der Waals surface area (Å²) in [7, 11) is 0. The number of amides is 1. The van der Waals surface area contributed by atoms with Crippen LogP contribution in [0.5, 0.6) is 5.75 Å². The quantitative estimate of drug-likeness (QED) is 0.926. The molecule has 2 N–H and O–H groups in total. The first kappa shape index (κ1) is 16.1. The summed E-state index contributed by atoms with van der Waals surface area (Å²) >= 11 is 5.95. The molecule has 0 aromatic heterocycles. The molecular formula is C13H18Cl2N2O2. The molecule has 19 heavy (non-hydrogen) atoms. The molecule has 1 aliphatic heterocycles. The number of likely N-dealkylation sites (tertiary alicyclic amines) is 1. The Morgan fingerprint density at radius 1 is 1.47 bits per heavy atom. The van der Waals surface area contributed by atoms with Gasteiger partial charge in [0, 0.05) is 19.1 Å². The van der Waals surface area contributed by atoms with Crippen molar-refractivity contribution >= 4 is 29.9 Å². The van der Waals surface area contributed by atoms with Gasteiger partial charge in [0.05, 0.1) is 18.1 Å². The van der Waals surface area contributed by atoms with E-state index in [-0.39, 0.29) is 24.4 Å². The van der Waals surface area contributed by atoms with Crippen LogP contribution in [0, 0.1) is 0 Å². The van der Waals surface area contributed by atoms with E-state index in [9.17, 15) is 4.79 Å².